The zero-order valence-corrected chi connectivity index (χ0v) is 16.0. The molecule has 1 heterocycles. The van der Waals surface area contributed by atoms with Crippen LogP contribution >= 0.6 is 12.2 Å². The number of ether oxygens (including phenoxy) is 4. The molecule has 0 saturated carbocycles. The van der Waals surface area contributed by atoms with Crippen molar-refractivity contribution in [2.75, 3.05) is 13.7 Å². The van der Waals surface area contributed by atoms with E-state index in [0.717, 1.165) is 11.1 Å². The van der Waals surface area contributed by atoms with E-state index in [2.05, 4.69) is 0 Å². The monoisotopic (exact) mass is 388 g/mol. The molecule has 0 radical (unpaired) electrons. The Balaban J connectivity index is 1.74. The van der Waals surface area contributed by atoms with E-state index in [1.54, 1.807) is 7.11 Å². The Morgan fingerprint density at radius 1 is 0.926 bits per heavy atom. The molecule has 0 spiro atoms. The average Bonchev–Trinajstić information content (AvgIpc) is 2.73. The molecule has 1 aliphatic heterocycles. The minimum atomic E-state index is -0.682. The fraction of sp³-hybridized carbons (Fsp3) is 0.381. The first-order valence-corrected chi connectivity index (χ1v) is 9.27. The van der Waals surface area contributed by atoms with Crippen LogP contribution in [0.5, 0.6) is 0 Å². The van der Waals surface area contributed by atoms with Gasteiger partial charge in [-0.25, -0.2) is 0 Å². The number of thiocarbonyl (C=S) groups is 1. The summed E-state index contributed by atoms with van der Waals surface area (Å²) in [6, 6.07) is 19.7. The minimum Gasteiger partial charge on any atom is -0.393 e. The molecule has 0 bridgehead atoms. The fourth-order valence-corrected chi connectivity index (χ4v) is 3.32. The van der Waals surface area contributed by atoms with Crippen LogP contribution in [-0.4, -0.2) is 48.3 Å². The molecule has 2 aromatic carbocycles. The van der Waals surface area contributed by atoms with Gasteiger partial charge in [-0.1, -0.05) is 72.9 Å². The van der Waals surface area contributed by atoms with Crippen molar-refractivity contribution in [1.82, 2.24) is 0 Å². The second-order valence-corrected chi connectivity index (χ2v) is 6.76. The van der Waals surface area contributed by atoms with Crippen molar-refractivity contribution in [2.45, 2.75) is 37.8 Å². The van der Waals surface area contributed by atoms with Crippen molar-refractivity contribution < 1.29 is 24.1 Å². The first-order valence-electron chi connectivity index (χ1n) is 8.87. The molecule has 0 aromatic heterocycles. The lowest BCUT2D eigenvalue weighted by Gasteiger charge is -2.40. The number of methoxy groups -OCH3 is 1. The molecule has 1 saturated heterocycles. The van der Waals surface area contributed by atoms with E-state index in [1.165, 1.54) is 0 Å². The lowest BCUT2D eigenvalue weighted by atomic mass is 10.0. The highest BCUT2D eigenvalue weighted by Gasteiger charge is 2.44. The van der Waals surface area contributed by atoms with Crippen molar-refractivity contribution in [3.8, 4) is 0 Å². The Hall–Kier alpha value is -1.67. The summed E-state index contributed by atoms with van der Waals surface area (Å²) in [7, 11) is 1.54. The van der Waals surface area contributed by atoms with Crippen molar-refractivity contribution in [1.29, 1.82) is 0 Å². The van der Waals surface area contributed by atoms with E-state index in [9.17, 15) is 5.11 Å². The van der Waals surface area contributed by atoms with Gasteiger partial charge >= 0.3 is 0 Å². The quantitative estimate of drug-likeness (QED) is 0.702. The predicted octanol–water partition coefficient (Wildman–Crippen LogP) is 2.89. The van der Waals surface area contributed by atoms with Gasteiger partial charge in [-0.3, -0.25) is 0 Å². The van der Waals surface area contributed by atoms with E-state index in [1.807, 2.05) is 60.7 Å². The van der Waals surface area contributed by atoms with Crippen molar-refractivity contribution in [2.24, 2.45) is 0 Å². The second-order valence-electron chi connectivity index (χ2n) is 6.29. The van der Waals surface area contributed by atoms with Crippen molar-refractivity contribution in [3.05, 3.63) is 71.8 Å². The zero-order chi connectivity index (χ0) is 19.1. The molecule has 6 heteroatoms. The molecule has 4 atom stereocenters. The first-order chi connectivity index (χ1) is 13.2. The molecule has 27 heavy (non-hydrogen) atoms. The molecule has 2 aromatic rings. The normalized spacial score (nSPS) is 25.5. The van der Waals surface area contributed by atoms with Gasteiger partial charge in [-0.15, -0.1) is 0 Å². The molecule has 144 valence electrons. The third-order valence-electron chi connectivity index (χ3n) is 4.42. The van der Waals surface area contributed by atoms with Gasteiger partial charge in [-0.05, 0) is 11.1 Å². The van der Waals surface area contributed by atoms with Gasteiger partial charge in [-0.2, -0.15) is 0 Å². The van der Waals surface area contributed by atoms with E-state index < -0.39 is 24.6 Å². The van der Waals surface area contributed by atoms with Gasteiger partial charge in [0.25, 0.3) is 0 Å². The number of benzene rings is 2. The number of aliphatic hydroxyl groups excluding tert-OH is 1. The second kappa shape index (κ2) is 10.0. The first kappa shape index (κ1) is 20.1. The molecular weight excluding hydrogens is 364 g/mol. The third kappa shape index (κ3) is 5.19. The molecule has 1 N–H and O–H groups in total. The molecule has 1 aliphatic rings. The Kier molecular flexibility index (Phi) is 7.46. The van der Waals surface area contributed by atoms with Gasteiger partial charge in [0.2, 0.25) is 0 Å². The van der Waals surface area contributed by atoms with E-state index >= 15 is 0 Å². The zero-order valence-electron chi connectivity index (χ0n) is 15.2. The summed E-state index contributed by atoms with van der Waals surface area (Å²) >= 11 is 5.53. The Bertz CT molecular complexity index is 709. The summed E-state index contributed by atoms with van der Waals surface area (Å²) in [5.74, 6) is 0. The summed E-state index contributed by atoms with van der Waals surface area (Å²) in [5.41, 5.74) is 2.06. The lowest BCUT2D eigenvalue weighted by molar-refractivity contribution is -0.246. The van der Waals surface area contributed by atoms with Crippen molar-refractivity contribution in [3.63, 3.8) is 0 Å². The largest absolute Gasteiger partial charge is 0.393 e. The SMILES string of the molecule is CO[C@H]1O[C@H](CO)C(=S)[C@H](OCc2ccccc2)[C@H]1OCc1ccccc1. The predicted molar refractivity (Wildman–Crippen MR) is 105 cm³/mol. The average molecular weight is 388 g/mol. The van der Waals surface area contributed by atoms with Gasteiger partial charge in [0.05, 0.1) is 24.7 Å². The van der Waals surface area contributed by atoms with E-state index in [4.69, 9.17) is 31.2 Å². The summed E-state index contributed by atoms with van der Waals surface area (Å²) in [6.45, 7) is 0.535. The maximum atomic E-state index is 9.61. The topological polar surface area (TPSA) is 57.2 Å². The molecule has 0 amide bonds. The van der Waals surface area contributed by atoms with Gasteiger partial charge in [0.1, 0.15) is 18.3 Å². The van der Waals surface area contributed by atoms with Crippen LogP contribution in [-0.2, 0) is 32.2 Å². The Morgan fingerprint density at radius 3 is 2.00 bits per heavy atom. The highest BCUT2D eigenvalue weighted by atomic mass is 32.1. The minimum absolute atomic E-state index is 0.227. The third-order valence-corrected chi connectivity index (χ3v) is 4.91. The van der Waals surface area contributed by atoms with Crippen LogP contribution in [0.25, 0.3) is 0 Å². The number of hydrogen-bond acceptors (Lipinski definition) is 6. The van der Waals surface area contributed by atoms with Gasteiger partial charge in [0.15, 0.2) is 6.29 Å². The number of hydrogen-bond donors (Lipinski definition) is 1. The summed E-state index contributed by atoms with van der Waals surface area (Å²) in [5, 5.41) is 9.61. The fourth-order valence-electron chi connectivity index (χ4n) is 2.99. The van der Waals surface area contributed by atoms with Crippen LogP contribution < -0.4 is 0 Å². The maximum Gasteiger partial charge on any atom is 0.187 e. The van der Waals surface area contributed by atoms with Crippen molar-refractivity contribution >= 4 is 17.1 Å². The molecule has 1 fully saturated rings. The summed E-state index contributed by atoms with van der Waals surface area (Å²) in [4.78, 5) is 0.486. The Morgan fingerprint density at radius 2 is 1.48 bits per heavy atom. The van der Waals surface area contributed by atoms with Crippen LogP contribution in [0.2, 0.25) is 0 Å². The molecule has 0 aliphatic carbocycles. The van der Waals surface area contributed by atoms with Gasteiger partial charge in [0, 0.05) is 7.11 Å². The lowest BCUT2D eigenvalue weighted by Crippen LogP contribution is -2.57. The molecular formula is C21H24O5S. The molecule has 0 unspecified atom stereocenters. The highest BCUT2D eigenvalue weighted by Crippen LogP contribution is 2.26. The highest BCUT2D eigenvalue weighted by molar-refractivity contribution is 7.80. The number of rotatable bonds is 8. The van der Waals surface area contributed by atoms with Crippen LogP contribution in [0.15, 0.2) is 60.7 Å². The molecule has 5 nitrogen and oxygen atoms in total. The van der Waals surface area contributed by atoms with Crippen LogP contribution in [0.3, 0.4) is 0 Å². The van der Waals surface area contributed by atoms with Gasteiger partial charge < -0.3 is 24.1 Å². The van der Waals surface area contributed by atoms with Crippen LogP contribution in [0.1, 0.15) is 11.1 Å². The smallest absolute Gasteiger partial charge is 0.187 e. The maximum absolute atomic E-state index is 9.61. The summed E-state index contributed by atoms with van der Waals surface area (Å²) < 4.78 is 23.4. The van der Waals surface area contributed by atoms with Crippen LogP contribution in [0.4, 0.5) is 0 Å². The molecule has 3 rings (SSSR count). The standard InChI is InChI=1S/C21H24O5S/c1-23-21-19(25-14-16-10-6-3-7-11-16)18(20(27)17(12-22)26-21)24-13-15-8-4-2-5-9-15/h2-11,17-19,21-22H,12-14H2,1H3/t17-,18-,19-,21+/m1/s1. The van der Waals surface area contributed by atoms with E-state index in [0.29, 0.717) is 18.1 Å². The number of aliphatic hydroxyl groups is 1. The van der Waals surface area contributed by atoms with E-state index in [-0.39, 0.29) is 6.61 Å². The Labute approximate surface area is 164 Å². The summed E-state index contributed by atoms with van der Waals surface area (Å²) in [6.07, 6.45) is -2.37. The van der Waals surface area contributed by atoms with Crippen LogP contribution in [0, 0.1) is 0 Å².